The van der Waals surface area contributed by atoms with Crippen LogP contribution in [-0.4, -0.2) is 57.6 Å². The van der Waals surface area contributed by atoms with Crippen molar-refractivity contribution in [3.05, 3.63) is 129 Å². The highest BCUT2D eigenvalue weighted by Gasteiger charge is 2.15. The SMILES string of the molecule is CC(C)c1cc(C(C)C)sn1.CC(C)c1cc(C(C)C)sn1.CC(C)c1cnc(C(C)C)s1.CC(C)c1cnc(C(C)C)s1.CC(C)c1csc(C(C)C)n1.CC(C)c1csc(C(C)C)n1.CC(C)c1nnc(C(C)C)s1.CC(C)c1nsc(C(C)C)n1.CC(C)c1nsc(C(C)C)n1. The summed E-state index contributed by atoms with van der Waals surface area (Å²) >= 11 is 15.3. The summed E-state index contributed by atoms with van der Waals surface area (Å²) in [5.41, 5.74) is 4.94. The third-order valence-electron chi connectivity index (χ3n) is 14.3. The van der Waals surface area contributed by atoms with Gasteiger partial charge < -0.3 is 0 Å². The Hall–Kier alpha value is -3.54. The maximum absolute atomic E-state index is 4.53. The van der Waals surface area contributed by atoms with Gasteiger partial charge in [-0.1, -0.05) is 249 Å². The third-order valence-corrected chi connectivity index (χ3v) is 25.6. The monoisotopic (exact) mass is 1520 g/mol. The largest absolute Gasteiger partial charge is 0.249 e. The maximum atomic E-state index is 4.53. The molecule has 0 spiro atoms. The van der Waals surface area contributed by atoms with Gasteiger partial charge in [0.25, 0.3) is 0 Å². The van der Waals surface area contributed by atoms with Crippen LogP contribution in [0.1, 0.15) is 450 Å². The molecule has 9 heterocycles. The zero-order chi connectivity index (χ0) is 75.9. The summed E-state index contributed by atoms with van der Waals surface area (Å²) in [6.07, 6.45) is 4.01. The minimum absolute atomic E-state index is 0.457. The van der Waals surface area contributed by atoms with Gasteiger partial charge in [0, 0.05) is 102 Å². The zero-order valence-corrected chi connectivity index (χ0v) is 75.2. The Balaban J connectivity index is 0.000000557. The molecule has 0 aliphatic heterocycles. The van der Waals surface area contributed by atoms with Crippen LogP contribution in [0.25, 0.3) is 0 Å². The van der Waals surface area contributed by atoms with E-state index in [9.17, 15) is 0 Å². The van der Waals surface area contributed by atoms with E-state index >= 15 is 0 Å². The summed E-state index contributed by atoms with van der Waals surface area (Å²) in [5, 5.41) is 22.2. The van der Waals surface area contributed by atoms with Crippen molar-refractivity contribution in [1.82, 2.24) is 57.6 Å². The van der Waals surface area contributed by atoms with Crippen LogP contribution in [0.2, 0.25) is 0 Å². The first-order chi connectivity index (χ1) is 46.0. The Labute approximate surface area is 640 Å². The molecule has 0 unspecified atom stereocenters. The number of rotatable bonds is 18. The van der Waals surface area contributed by atoms with E-state index in [2.05, 4.69) is 330 Å². The van der Waals surface area contributed by atoms with Gasteiger partial charge in [-0.25, -0.2) is 29.9 Å². The molecule has 9 rings (SSSR count). The van der Waals surface area contributed by atoms with Crippen LogP contribution in [0.4, 0.5) is 0 Å². The van der Waals surface area contributed by atoms with Gasteiger partial charge in [0.2, 0.25) is 0 Å². The predicted octanol–water partition coefficient (Wildman–Crippen LogP) is 28.7. The molecular formula is C78H132N12S9. The number of nitrogens with zero attached hydrogens (tertiary/aromatic N) is 12. The van der Waals surface area contributed by atoms with Gasteiger partial charge in [-0.2, -0.15) is 17.5 Å². The normalized spacial score (nSPS) is 11.5. The molecule has 0 N–H and O–H groups in total. The molecular weight excluding hydrogens is 1390 g/mol. The zero-order valence-electron chi connectivity index (χ0n) is 67.9. The Morgan fingerprint density at radius 1 is 0.222 bits per heavy atom. The fourth-order valence-corrected chi connectivity index (χ4v) is 15.1. The Morgan fingerprint density at radius 3 is 0.636 bits per heavy atom. The van der Waals surface area contributed by atoms with Crippen LogP contribution in [0, 0.1) is 0 Å². The van der Waals surface area contributed by atoms with Crippen molar-refractivity contribution in [3.8, 4) is 0 Å². The fraction of sp³-hybridized carbons (Fsp3) is 0.692. The number of hydrogen-bond donors (Lipinski definition) is 0. The molecule has 0 saturated carbocycles. The Kier molecular flexibility index (Phi) is 45.1. The fourth-order valence-electron chi connectivity index (χ4n) is 7.17. The Morgan fingerprint density at radius 2 is 0.495 bits per heavy atom. The average molecular weight is 1530 g/mol. The van der Waals surface area contributed by atoms with E-state index < -0.39 is 0 Å². The molecule has 0 aliphatic carbocycles. The maximum Gasteiger partial charge on any atom is 0.145 e. The summed E-state index contributed by atoms with van der Waals surface area (Å²) in [7, 11) is 0. The summed E-state index contributed by atoms with van der Waals surface area (Å²) < 4.78 is 17.3. The van der Waals surface area contributed by atoms with E-state index in [1.807, 2.05) is 35.1 Å². The number of thiazole rings is 4. The standard InChI is InChI=1S/6C9H15NS.3C8H14N2S/c2*1-6(2)8-5-11-9(10-8)7(3)4;2*1-6(2)8-5-10-9(11-8)7(3)4;2*1-6(2)8-5-9(7(3)4)11-10-8;1-5(2)7-9-10-8(11-7)6(3)4;2*1-5(2)7-9-8(6(3)4)11-10-7/h6*5-7H,1-4H3;3*5-6H,1-4H3. The van der Waals surface area contributed by atoms with Crippen molar-refractivity contribution >= 4 is 103 Å². The van der Waals surface area contributed by atoms with E-state index in [0.717, 1.165) is 31.7 Å². The van der Waals surface area contributed by atoms with Gasteiger partial charge in [-0.15, -0.1) is 66.9 Å². The van der Waals surface area contributed by atoms with Crippen molar-refractivity contribution in [2.75, 3.05) is 0 Å². The van der Waals surface area contributed by atoms with E-state index in [4.69, 9.17) is 0 Å². The van der Waals surface area contributed by atoms with Crippen LogP contribution in [0.15, 0.2) is 35.3 Å². The molecule has 0 atom stereocenters. The van der Waals surface area contributed by atoms with Crippen molar-refractivity contribution in [2.24, 2.45) is 0 Å². The van der Waals surface area contributed by atoms with Crippen molar-refractivity contribution < 1.29 is 0 Å². The van der Waals surface area contributed by atoms with Gasteiger partial charge >= 0.3 is 0 Å². The van der Waals surface area contributed by atoms with Crippen molar-refractivity contribution in [1.29, 1.82) is 0 Å². The van der Waals surface area contributed by atoms with E-state index in [1.54, 1.807) is 57.1 Å². The van der Waals surface area contributed by atoms with E-state index in [1.165, 1.54) is 85.4 Å². The lowest BCUT2D eigenvalue weighted by molar-refractivity contribution is 0.771. The second-order valence-electron chi connectivity index (χ2n) is 30.5. The van der Waals surface area contributed by atoms with Crippen LogP contribution >= 0.6 is 103 Å². The van der Waals surface area contributed by atoms with Crippen LogP contribution in [0.3, 0.4) is 0 Å². The Bertz CT molecular complexity index is 2550. The van der Waals surface area contributed by atoms with E-state index in [0.29, 0.717) is 107 Å². The molecule has 0 amide bonds. The lowest BCUT2D eigenvalue weighted by atomic mass is 10.1. The first-order valence-electron chi connectivity index (χ1n) is 36.2. The number of hydrogen-bond acceptors (Lipinski definition) is 21. The van der Waals surface area contributed by atoms with Crippen molar-refractivity contribution in [2.45, 2.75) is 356 Å². The second-order valence-corrected chi connectivity index (χ2v) is 38.7. The number of aromatic nitrogens is 12. The van der Waals surface area contributed by atoms with Crippen LogP contribution < -0.4 is 0 Å². The quantitative estimate of drug-likeness (QED) is 0.0803. The molecule has 0 bridgehead atoms. The van der Waals surface area contributed by atoms with Gasteiger partial charge in [0.1, 0.15) is 31.7 Å². The molecule has 0 radical (unpaired) electrons. The smallest absolute Gasteiger partial charge is 0.145 e. The van der Waals surface area contributed by atoms with Gasteiger partial charge in [0.15, 0.2) is 0 Å². The van der Waals surface area contributed by atoms with Crippen LogP contribution in [-0.2, 0) is 0 Å². The first-order valence-corrected chi connectivity index (χ1v) is 43.5. The van der Waals surface area contributed by atoms with Gasteiger partial charge in [0.05, 0.1) is 42.8 Å². The second kappa shape index (κ2) is 47.7. The summed E-state index contributed by atoms with van der Waals surface area (Å²) in [5.74, 6) is 12.0. The highest BCUT2D eigenvalue weighted by molar-refractivity contribution is 7.12. The van der Waals surface area contributed by atoms with Gasteiger partial charge in [-0.05, 0) is 106 Å². The summed E-state index contributed by atoms with van der Waals surface area (Å²) in [6.45, 7) is 78.2. The van der Waals surface area contributed by atoms with Crippen molar-refractivity contribution in [3.63, 3.8) is 0 Å². The minimum atomic E-state index is 0.457. The summed E-state index contributed by atoms with van der Waals surface area (Å²) in [6, 6.07) is 4.44. The molecule has 9 aromatic heterocycles. The lowest BCUT2D eigenvalue weighted by Crippen LogP contribution is -1.91. The molecule has 0 aliphatic rings. The molecule has 12 nitrogen and oxygen atoms in total. The summed E-state index contributed by atoms with van der Waals surface area (Å²) in [4.78, 5) is 32.2. The molecule has 558 valence electrons. The average Bonchev–Trinajstić information content (AvgIpc) is 1.92. The molecule has 0 aromatic carbocycles. The van der Waals surface area contributed by atoms with Gasteiger partial charge in [-0.3, -0.25) is 0 Å². The van der Waals surface area contributed by atoms with Crippen LogP contribution in [0.5, 0.6) is 0 Å². The highest BCUT2D eigenvalue weighted by atomic mass is 32.1. The minimum Gasteiger partial charge on any atom is -0.249 e. The molecule has 99 heavy (non-hydrogen) atoms. The molecule has 9 aromatic rings. The highest BCUT2D eigenvalue weighted by Crippen LogP contribution is 2.31. The topological polar surface area (TPSA) is 155 Å². The lowest BCUT2D eigenvalue weighted by Gasteiger charge is -1.99. The predicted molar refractivity (Wildman–Crippen MR) is 446 cm³/mol. The third kappa shape index (κ3) is 36.1. The van der Waals surface area contributed by atoms with E-state index in [-0.39, 0.29) is 0 Å². The molecule has 0 fully saturated rings. The molecule has 0 saturated heterocycles. The first kappa shape index (κ1) is 93.5. The molecule has 21 heteroatoms.